The number of alkyl halides is 3. The molecule has 2 aromatic rings. The summed E-state index contributed by atoms with van der Waals surface area (Å²) >= 11 is 6.22. The minimum absolute atomic E-state index is 0.0259. The number of nitrogens with one attached hydrogen (secondary N) is 1. The van der Waals surface area contributed by atoms with Crippen LogP contribution in [0.15, 0.2) is 36.4 Å². The van der Waals surface area contributed by atoms with Crippen molar-refractivity contribution in [1.82, 2.24) is 5.32 Å². The van der Waals surface area contributed by atoms with Crippen LogP contribution in [0.1, 0.15) is 46.3 Å². The van der Waals surface area contributed by atoms with Gasteiger partial charge in [0.15, 0.2) is 5.60 Å². The van der Waals surface area contributed by atoms with Gasteiger partial charge in [0.25, 0.3) is 5.91 Å². The molecule has 4 N–H and O–H groups in total. The van der Waals surface area contributed by atoms with Crippen LogP contribution in [-0.4, -0.2) is 36.1 Å². The Hall–Kier alpha value is -2.62. The summed E-state index contributed by atoms with van der Waals surface area (Å²) in [5.74, 6) is -2.03. The number of nitrogens with zero attached hydrogens (tertiary/aromatic N) is 1. The first-order valence-corrected chi connectivity index (χ1v) is 10.5. The van der Waals surface area contributed by atoms with Gasteiger partial charge in [-0.25, -0.2) is 0 Å². The van der Waals surface area contributed by atoms with Gasteiger partial charge in [0.1, 0.15) is 0 Å². The maximum Gasteiger partial charge on any atom is 0.416 e. The SMILES string of the molecule is NC(=O)c1cc2c(c(C(F)(F)F)c1)C(O)(c1ccccc1Cl)C(=O)N2CC1CCCCN1. The second kappa shape index (κ2) is 8.06. The highest BCUT2D eigenvalue weighted by Gasteiger charge is 2.56. The van der Waals surface area contributed by atoms with Crippen LogP contribution in [0.25, 0.3) is 0 Å². The number of hydrogen-bond acceptors (Lipinski definition) is 4. The smallest absolute Gasteiger partial charge is 0.372 e. The van der Waals surface area contributed by atoms with Gasteiger partial charge in [-0.2, -0.15) is 13.2 Å². The van der Waals surface area contributed by atoms with Crippen molar-refractivity contribution in [3.8, 4) is 0 Å². The van der Waals surface area contributed by atoms with Crippen LogP contribution in [0.3, 0.4) is 0 Å². The molecule has 1 fully saturated rings. The number of carbonyl (C=O) groups excluding carboxylic acids is 2. The van der Waals surface area contributed by atoms with Crippen LogP contribution in [0.4, 0.5) is 18.9 Å². The first-order valence-electron chi connectivity index (χ1n) is 10.1. The average Bonchev–Trinajstić information content (AvgIpc) is 2.96. The van der Waals surface area contributed by atoms with Gasteiger partial charge in [0.05, 0.1) is 11.3 Å². The predicted molar refractivity (Wildman–Crippen MR) is 112 cm³/mol. The highest BCUT2D eigenvalue weighted by molar-refractivity contribution is 6.32. The number of benzene rings is 2. The lowest BCUT2D eigenvalue weighted by Crippen LogP contribution is -2.48. The van der Waals surface area contributed by atoms with Crippen molar-refractivity contribution < 1.29 is 27.9 Å². The van der Waals surface area contributed by atoms with E-state index in [-0.39, 0.29) is 28.9 Å². The molecule has 170 valence electrons. The zero-order valence-electron chi connectivity index (χ0n) is 16.9. The highest BCUT2D eigenvalue weighted by atomic mass is 35.5. The number of fused-ring (bicyclic) bond motifs is 1. The molecular formula is C22H21ClF3N3O3. The molecule has 2 aliphatic rings. The van der Waals surface area contributed by atoms with Gasteiger partial charge in [-0.05, 0) is 37.6 Å². The fourth-order valence-corrected chi connectivity index (χ4v) is 4.76. The summed E-state index contributed by atoms with van der Waals surface area (Å²) in [5.41, 5.74) is -0.123. The standard InChI is InChI=1S/C22H21ClF3N3O3/c23-16-7-2-1-6-14(16)21(32)18-15(22(24,25)26)9-12(19(27)30)10-17(18)29(20(21)31)11-13-5-3-4-8-28-13/h1-2,6-7,9-10,13,28,32H,3-5,8,11H2,(H2,27,30). The summed E-state index contributed by atoms with van der Waals surface area (Å²) < 4.78 is 42.4. The van der Waals surface area contributed by atoms with Crippen LogP contribution >= 0.6 is 11.6 Å². The Morgan fingerprint density at radius 3 is 2.59 bits per heavy atom. The van der Waals surface area contributed by atoms with E-state index >= 15 is 0 Å². The number of aliphatic hydroxyl groups is 1. The van der Waals surface area contributed by atoms with Gasteiger partial charge in [-0.15, -0.1) is 0 Å². The van der Waals surface area contributed by atoms with E-state index in [0.717, 1.165) is 23.8 Å². The fourth-order valence-electron chi connectivity index (χ4n) is 4.48. The van der Waals surface area contributed by atoms with E-state index in [0.29, 0.717) is 19.0 Å². The summed E-state index contributed by atoms with van der Waals surface area (Å²) in [7, 11) is 0. The lowest BCUT2D eigenvalue weighted by atomic mass is 9.83. The van der Waals surface area contributed by atoms with Crippen molar-refractivity contribution in [3.05, 3.63) is 63.7 Å². The normalized spacial score (nSPS) is 23.3. The number of rotatable bonds is 4. The Labute approximate surface area is 187 Å². The summed E-state index contributed by atoms with van der Waals surface area (Å²) in [5, 5.41) is 14.8. The molecule has 2 unspecified atom stereocenters. The number of carbonyl (C=O) groups is 2. The van der Waals surface area contributed by atoms with E-state index in [1.54, 1.807) is 6.07 Å². The van der Waals surface area contributed by atoms with Crippen molar-refractivity contribution in [3.63, 3.8) is 0 Å². The molecule has 6 nitrogen and oxygen atoms in total. The number of amides is 2. The molecular weight excluding hydrogens is 447 g/mol. The van der Waals surface area contributed by atoms with Crippen molar-refractivity contribution >= 4 is 29.1 Å². The van der Waals surface area contributed by atoms with Gasteiger partial charge in [-0.3, -0.25) is 9.59 Å². The van der Waals surface area contributed by atoms with E-state index < -0.39 is 40.3 Å². The molecule has 0 aliphatic carbocycles. The minimum Gasteiger partial charge on any atom is -0.372 e. The summed E-state index contributed by atoms with van der Waals surface area (Å²) in [6, 6.07) is 7.23. The first kappa shape index (κ1) is 22.6. The van der Waals surface area contributed by atoms with Crippen molar-refractivity contribution in [2.45, 2.75) is 37.1 Å². The third-order valence-corrected chi connectivity index (χ3v) is 6.32. The third kappa shape index (κ3) is 3.64. The van der Waals surface area contributed by atoms with E-state index in [2.05, 4.69) is 5.32 Å². The maximum absolute atomic E-state index is 14.1. The second-order valence-corrected chi connectivity index (χ2v) is 8.44. The number of nitrogens with two attached hydrogens (primary N) is 1. The van der Waals surface area contributed by atoms with Crippen LogP contribution in [0, 0.1) is 0 Å². The molecule has 2 heterocycles. The largest absolute Gasteiger partial charge is 0.416 e. The average molecular weight is 468 g/mol. The quantitative estimate of drug-likeness (QED) is 0.643. The molecule has 1 saturated heterocycles. The topological polar surface area (TPSA) is 95.7 Å². The summed E-state index contributed by atoms with van der Waals surface area (Å²) in [4.78, 5) is 26.5. The monoisotopic (exact) mass is 467 g/mol. The molecule has 10 heteroatoms. The van der Waals surface area contributed by atoms with Crippen LogP contribution < -0.4 is 16.0 Å². The Morgan fingerprint density at radius 1 is 1.28 bits per heavy atom. The molecule has 0 spiro atoms. The molecule has 0 aromatic heterocycles. The van der Waals surface area contributed by atoms with Gasteiger partial charge in [0, 0.05) is 34.3 Å². The van der Waals surface area contributed by atoms with E-state index in [4.69, 9.17) is 17.3 Å². The Morgan fingerprint density at radius 2 is 2.00 bits per heavy atom. The number of hydrogen-bond donors (Lipinski definition) is 3. The Bertz CT molecular complexity index is 1090. The van der Waals surface area contributed by atoms with Crippen LogP contribution in [0.5, 0.6) is 0 Å². The first-order chi connectivity index (χ1) is 15.0. The third-order valence-electron chi connectivity index (χ3n) is 5.99. The molecule has 0 radical (unpaired) electrons. The van der Waals surface area contributed by atoms with E-state index in [9.17, 15) is 27.9 Å². The van der Waals surface area contributed by atoms with E-state index in [1.165, 1.54) is 18.2 Å². The molecule has 2 amide bonds. The molecule has 0 saturated carbocycles. The Balaban J connectivity index is 1.99. The predicted octanol–water partition coefficient (Wildman–Crippen LogP) is 3.18. The zero-order valence-corrected chi connectivity index (χ0v) is 17.6. The van der Waals surface area contributed by atoms with Crippen molar-refractivity contribution in [2.75, 3.05) is 18.0 Å². The van der Waals surface area contributed by atoms with Gasteiger partial charge < -0.3 is 21.1 Å². The molecule has 2 aromatic carbocycles. The van der Waals surface area contributed by atoms with Crippen LogP contribution in [-0.2, 0) is 16.6 Å². The number of anilines is 1. The molecule has 2 aliphatic heterocycles. The minimum atomic E-state index is -4.97. The molecule has 2 atom stereocenters. The van der Waals surface area contributed by atoms with Crippen molar-refractivity contribution in [1.29, 1.82) is 0 Å². The van der Waals surface area contributed by atoms with Gasteiger partial charge >= 0.3 is 6.18 Å². The highest BCUT2D eigenvalue weighted by Crippen LogP contribution is 2.51. The molecule has 4 rings (SSSR count). The molecule has 0 bridgehead atoms. The lowest BCUT2D eigenvalue weighted by Gasteiger charge is -2.30. The lowest BCUT2D eigenvalue weighted by molar-refractivity contribution is -0.142. The second-order valence-electron chi connectivity index (χ2n) is 8.03. The number of primary amides is 1. The fraction of sp³-hybridized carbons (Fsp3) is 0.364. The van der Waals surface area contributed by atoms with Crippen molar-refractivity contribution in [2.24, 2.45) is 5.73 Å². The van der Waals surface area contributed by atoms with Crippen LogP contribution in [0.2, 0.25) is 5.02 Å². The van der Waals surface area contributed by atoms with Gasteiger partial charge in [-0.1, -0.05) is 36.2 Å². The van der Waals surface area contributed by atoms with E-state index in [1.807, 2.05) is 0 Å². The zero-order chi connectivity index (χ0) is 23.3. The summed E-state index contributed by atoms with van der Waals surface area (Å²) in [6.07, 6.45) is -2.40. The maximum atomic E-state index is 14.1. The number of piperidine rings is 1. The Kier molecular flexibility index (Phi) is 5.68. The summed E-state index contributed by atoms with van der Waals surface area (Å²) in [6.45, 7) is 0.738. The van der Waals surface area contributed by atoms with Gasteiger partial charge in [0.2, 0.25) is 5.91 Å². The number of halogens is 4. The molecule has 32 heavy (non-hydrogen) atoms.